The van der Waals surface area contributed by atoms with E-state index in [9.17, 15) is 9.46 Å². The summed E-state index contributed by atoms with van der Waals surface area (Å²) < 4.78 is 22.2. The summed E-state index contributed by atoms with van der Waals surface area (Å²) in [7, 11) is 1.41. The van der Waals surface area contributed by atoms with Crippen LogP contribution in [0.25, 0.3) is 0 Å². The molecule has 134 valence electrons. The highest BCUT2D eigenvalue weighted by molar-refractivity contribution is 7.45. The van der Waals surface area contributed by atoms with Crippen molar-refractivity contribution in [1.82, 2.24) is 0 Å². The van der Waals surface area contributed by atoms with Crippen LogP contribution < -0.4 is 4.89 Å². The van der Waals surface area contributed by atoms with E-state index >= 15 is 0 Å². The zero-order valence-corrected chi connectivity index (χ0v) is 15.1. The molecule has 2 N–H and O–H groups in total. The summed E-state index contributed by atoms with van der Waals surface area (Å²) in [6.45, 7) is 1.61. The summed E-state index contributed by atoms with van der Waals surface area (Å²) in [6, 6.07) is 0. The van der Waals surface area contributed by atoms with Crippen LogP contribution >= 0.6 is 7.82 Å². The Kier molecular flexibility index (Phi) is 10.7. The molecular weight excluding hydrogens is 309 g/mol. The summed E-state index contributed by atoms with van der Waals surface area (Å²) >= 11 is 0. The molecule has 0 saturated heterocycles. The summed E-state index contributed by atoms with van der Waals surface area (Å²) in [6.07, 6.45) is 3.14. The van der Waals surface area contributed by atoms with Gasteiger partial charge in [-0.1, -0.05) is 32.6 Å². The number of unbranched alkanes of at least 4 members (excludes halogenated alkanes) is 3. The van der Waals surface area contributed by atoms with Crippen molar-refractivity contribution in [1.29, 1.82) is 0 Å². The van der Waals surface area contributed by atoms with E-state index in [0.29, 0.717) is 17.4 Å². The van der Waals surface area contributed by atoms with E-state index in [0.717, 1.165) is 25.7 Å². The molecule has 0 radical (unpaired) electrons. The number of phosphoric ester groups is 1. The second-order valence-electron chi connectivity index (χ2n) is 6.63. The second-order valence-corrected chi connectivity index (χ2v) is 7.99. The largest absolute Gasteiger partial charge is 0.756 e. The predicted molar refractivity (Wildman–Crippen MR) is 83.2 cm³/mol. The Morgan fingerprint density at radius 2 is 1.86 bits per heavy atom. The molecule has 0 saturated carbocycles. The fourth-order valence-corrected chi connectivity index (χ4v) is 2.98. The zero-order chi connectivity index (χ0) is 17.2. The zero-order valence-electron chi connectivity index (χ0n) is 14.2. The minimum absolute atomic E-state index is 0.452. The molecule has 0 aliphatic carbocycles. The fraction of sp³-hybridized carbons (Fsp3) is 1.00. The van der Waals surface area contributed by atoms with Crippen LogP contribution in [0.15, 0.2) is 0 Å². The van der Waals surface area contributed by atoms with Gasteiger partial charge in [0.1, 0.15) is 18.8 Å². The molecule has 0 spiro atoms. The molecule has 0 bridgehead atoms. The Labute approximate surface area is 134 Å². The van der Waals surface area contributed by atoms with Gasteiger partial charge >= 0.3 is 0 Å². The third kappa shape index (κ3) is 12.5. The number of phosphoric acid groups is 1. The number of likely N-dealkylation sites (N-methyl/N-ethyl adjacent to an activating group) is 1. The minimum atomic E-state index is -4.49. The first-order valence-corrected chi connectivity index (χ1v) is 9.29. The minimum Gasteiger partial charge on any atom is -0.756 e. The lowest BCUT2D eigenvalue weighted by atomic mass is 10.1. The molecule has 0 rings (SSSR count). The highest BCUT2D eigenvalue weighted by atomic mass is 31.2. The van der Waals surface area contributed by atoms with Gasteiger partial charge < -0.3 is 28.6 Å². The Hall–Kier alpha value is -0.0100. The van der Waals surface area contributed by atoms with Crippen LogP contribution in [-0.4, -0.2) is 67.8 Å². The summed E-state index contributed by atoms with van der Waals surface area (Å²) in [5.74, 6) is 0. The molecule has 0 aromatic carbocycles. The molecule has 0 aromatic rings. The van der Waals surface area contributed by atoms with Crippen molar-refractivity contribution in [2.24, 2.45) is 0 Å². The van der Waals surface area contributed by atoms with Crippen LogP contribution in [0.1, 0.15) is 39.0 Å². The molecule has 0 aromatic heterocycles. The first-order valence-electron chi connectivity index (χ1n) is 7.83. The standard InChI is InChI=1S/C14H32NO6P/c1-5-6-7-8-9-14(10-15(2,3)4)21-22(18,19)20-12-13(17)11-16/h13-14,16-17H,5-12H2,1-4H3/t13-,14?/m1/s1. The van der Waals surface area contributed by atoms with Gasteiger partial charge in [-0.05, 0) is 6.42 Å². The van der Waals surface area contributed by atoms with Crippen molar-refractivity contribution in [2.45, 2.75) is 51.2 Å². The number of nitrogens with zero attached hydrogens (tertiary/aromatic N) is 1. The topological polar surface area (TPSA) is 99.1 Å². The number of rotatable bonds is 13. The summed E-state index contributed by atoms with van der Waals surface area (Å²) in [5.41, 5.74) is 0. The Balaban J connectivity index is 4.48. The number of hydrogen-bond donors (Lipinski definition) is 2. The number of quaternary nitrogens is 1. The van der Waals surface area contributed by atoms with E-state index in [-0.39, 0.29) is 0 Å². The molecule has 22 heavy (non-hydrogen) atoms. The van der Waals surface area contributed by atoms with Crippen molar-refractivity contribution >= 4 is 7.82 Å². The van der Waals surface area contributed by atoms with E-state index < -0.39 is 33.2 Å². The Morgan fingerprint density at radius 3 is 2.36 bits per heavy atom. The average molecular weight is 341 g/mol. The maximum atomic E-state index is 11.8. The Bertz CT molecular complexity index is 334. The van der Waals surface area contributed by atoms with Gasteiger partial charge in [-0.15, -0.1) is 0 Å². The van der Waals surface area contributed by atoms with Gasteiger partial charge in [-0.2, -0.15) is 0 Å². The number of hydrogen-bond acceptors (Lipinski definition) is 6. The molecule has 7 nitrogen and oxygen atoms in total. The summed E-state index contributed by atoms with van der Waals surface area (Å²) in [5, 5.41) is 17.8. The van der Waals surface area contributed by atoms with Crippen LogP contribution in [0.5, 0.6) is 0 Å². The smallest absolute Gasteiger partial charge is 0.268 e. The molecule has 2 unspecified atom stereocenters. The van der Waals surface area contributed by atoms with E-state index in [1.165, 1.54) is 0 Å². The molecular formula is C14H32NO6P. The van der Waals surface area contributed by atoms with Crippen LogP contribution in [0, 0.1) is 0 Å². The molecule has 0 aliphatic rings. The maximum Gasteiger partial charge on any atom is 0.268 e. The van der Waals surface area contributed by atoms with E-state index in [4.69, 9.17) is 14.7 Å². The molecule has 0 amide bonds. The lowest BCUT2D eigenvalue weighted by Crippen LogP contribution is -2.42. The number of aliphatic hydroxyl groups is 2. The van der Waals surface area contributed by atoms with Crippen LogP contribution in [0.2, 0.25) is 0 Å². The first-order chi connectivity index (χ1) is 10.1. The molecule has 3 atom stereocenters. The normalized spacial score (nSPS) is 18.0. The average Bonchev–Trinajstić information content (AvgIpc) is 2.38. The molecule has 0 heterocycles. The van der Waals surface area contributed by atoms with Crippen LogP contribution in [0.4, 0.5) is 0 Å². The van der Waals surface area contributed by atoms with Gasteiger partial charge in [0.05, 0.1) is 34.4 Å². The van der Waals surface area contributed by atoms with Gasteiger partial charge in [0.15, 0.2) is 0 Å². The van der Waals surface area contributed by atoms with E-state index in [1.807, 2.05) is 21.1 Å². The molecule has 8 heteroatoms. The lowest BCUT2D eigenvalue weighted by Gasteiger charge is -2.33. The van der Waals surface area contributed by atoms with Crippen LogP contribution in [0.3, 0.4) is 0 Å². The highest BCUT2D eigenvalue weighted by Gasteiger charge is 2.24. The van der Waals surface area contributed by atoms with Gasteiger partial charge in [-0.25, -0.2) is 0 Å². The van der Waals surface area contributed by atoms with Gasteiger partial charge in [0.25, 0.3) is 7.82 Å². The van der Waals surface area contributed by atoms with Crippen molar-refractivity contribution in [3.63, 3.8) is 0 Å². The van der Waals surface area contributed by atoms with Crippen molar-refractivity contribution in [3.05, 3.63) is 0 Å². The van der Waals surface area contributed by atoms with Gasteiger partial charge in [0, 0.05) is 0 Å². The van der Waals surface area contributed by atoms with Crippen molar-refractivity contribution in [3.8, 4) is 0 Å². The second kappa shape index (κ2) is 10.7. The molecule has 0 aliphatic heterocycles. The monoisotopic (exact) mass is 341 g/mol. The lowest BCUT2D eigenvalue weighted by molar-refractivity contribution is -0.873. The summed E-state index contributed by atoms with van der Waals surface area (Å²) in [4.78, 5) is 11.8. The molecule has 0 fully saturated rings. The third-order valence-corrected chi connectivity index (χ3v) is 4.07. The number of aliphatic hydroxyl groups excluding tert-OH is 2. The maximum absolute atomic E-state index is 11.8. The van der Waals surface area contributed by atoms with Crippen LogP contribution in [-0.2, 0) is 13.6 Å². The van der Waals surface area contributed by atoms with E-state index in [1.54, 1.807) is 0 Å². The third-order valence-electron chi connectivity index (χ3n) is 3.04. The Morgan fingerprint density at radius 1 is 1.23 bits per heavy atom. The van der Waals surface area contributed by atoms with E-state index in [2.05, 4.69) is 11.4 Å². The predicted octanol–water partition coefficient (Wildman–Crippen LogP) is 0.886. The van der Waals surface area contributed by atoms with Crippen molar-refractivity contribution in [2.75, 3.05) is 40.9 Å². The highest BCUT2D eigenvalue weighted by Crippen LogP contribution is 2.41. The first kappa shape index (κ1) is 22.0. The fourth-order valence-electron chi connectivity index (χ4n) is 2.03. The van der Waals surface area contributed by atoms with Gasteiger partial charge in [0.2, 0.25) is 0 Å². The SMILES string of the molecule is CCCCCCC(C[N+](C)(C)C)OP(=O)([O-])OC[C@H](O)CO. The van der Waals surface area contributed by atoms with Crippen molar-refractivity contribution < 1.29 is 33.2 Å². The quantitative estimate of drug-likeness (QED) is 0.293. The van der Waals surface area contributed by atoms with Gasteiger partial charge in [-0.3, -0.25) is 4.57 Å².